The van der Waals surface area contributed by atoms with E-state index in [1.807, 2.05) is 6.92 Å². The lowest BCUT2D eigenvalue weighted by atomic mass is 10.1. The fourth-order valence-electron chi connectivity index (χ4n) is 2.92. The zero-order valence-corrected chi connectivity index (χ0v) is 16.0. The van der Waals surface area contributed by atoms with E-state index in [9.17, 15) is 22.8 Å². The predicted molar refractivity (Wildman–Crippen MR) is 98.9 cm³/mol. The van der Waals surface area contributed by atoms with Crippen molar-refractivity contribution in [2.75, 3.05) is 12.3 Å². The van der Waals surface area contributed by atoms with E-state index >= 15 is 0 Å². The third-order valence-corrected chi connectivity index (χ3v) is 5.86. The molecular weight excluding hydrogens is 372 g/mol. The number of unbranched alkanes of at least 4 members (excludes halogenated alkanes) is 2. The number of sulfonamides is 1. The molecule has 0 saturated carbocycles. The first kappa shape index (κ1) is 21.0. The van der Waals surface area contributed by atoms with Crippen LogP contribution >= 0.6 is 0 Å². The number of imide groups is 1. The van der Waals surface area contributed by atoms with Gasteiger partial charge in [0.05, 0.1) is 16.9 Å². The number of aliphatic carboxylic acids is 1. The van der Waals surface area contributed by atoms with Crippen LogP contribution in [0.25, 0.3) is 0 Å². The molecule has 0 aromatic heterocycles. The molecule has 1 aromatic carbocycles. The molecule has 1 heterocycles. The van der Waals surface area contributed by atoms with Crippen LogP contribution in [0.5, 0.6) is 0 Å². The zero-order valence-electron chi connectivity index (χ0n) is 15.2. The van der Waals surface area contributed by atoms with Gasteiger partial charge in [0.25, 0.3) is 11.8 Å². The molecule has 8 nitrogen and oxygen atoms in total. The number of nitrogens with zero attached hydrogens (tertiary/aromatic N) is 1. The molecule has 1 aliphatic rings. The van der Waals surface area contributed by atoms with Crippen molar-refractivity contribution in [3.05, 3.63) is 35.4 Å². The summed E-state index contributed by atoms with van der Waals surface area (Å²) in [5.74, 6) is -2.20. The monoisotopic (exact) mass is 396 g/mol. The van der Waals surface area contributed by atoms with Gasteiger partial charge in [0, 0.05) is 6.54 Å². The van der Waals surface area contributed by atoms with Gasteiger partial charge in [-0.25, -0.2) is 13.1 Å². The summed E-state index contributed by atoms with van der Waals surface area (Å²) in [6.07, 6.45) is 2.15. The van der Waals surface area contributed by atoms with Gasteiger partial charge in [-0.2, -0.15) is 0 Å². The van der Waals surface area contributed by atoms with Gasteiger partial charge in [0.1, 0.15) is 6.04 Å². The Bertz CT molecular complexity index is 786. The normalized spacial score (nSPS) is 15.1. The summed E-state index contributed by atoms with van der Waals surface area (Å²) >= 11 is 0. The van der Waals surface area contributed by atoms with Gasteiger partial charge in [0.2, 0.25) is 10.0 Å². The number of benzene rings is 1. The molecule has 0 aliphatic carbocycles. The first-order chi connectivity index (χ1) is 12.8. The minimum atomic E-state index is -3.75. The summed E-state index contributed by atoms with van der Waals surface area (Å²) < 4.78 is 26.4. The van der Waals surface area contributed by atoms with Crippen LogP contribution in [0.3, 0.4) is 0 Å². The number of nitrogens with one attached hydrogen (secondary N) is 1. The summed E-state index contributed by atoms with van der Waals surface area (Å²) in [6, 6.07) is 5.41. The van der Waals surface area contributed by atoms with Crippen molar-refractivity contribution in [1.82, 2.24) is 9.62 Å². The summed E-state index contributed by atoms with van der Waals surface area (Å²) in [7, 11) is -3.75. The van der Waals surface area contributed by atoms with Crippen molar-refractivity contribution in [2.24, 2.45) is 0 Å². The van der Waals surface area contributed by atoms with E-state index in [0.717, 1.165) is 11.3 Å². The molecule has 1 aromatic rings. The maximum absolute atomic E-state index is 12.2. The maximum atomic E-state index is 12.2. The van der Waals surface area contributed by atoms with Gasteiger partial charge in [0.15, 0.2) is 0 Å². The molecule has 0 unspecified atom stereocenters. The second kappa shape index (κ2) is 9.09. The highest BCUT2D eigenvalue weighted by Crippen LogP contribution is 2.22. The molecule has 0 fully saturated rings. The van der Waals surface area contributed by atoms with Crippen LogP contribution in [0.2, 0.25) is 0 Å². The van der Waals surface area contributed by atoms with Gasteiger partial charge >= 0.3 is 5.97 Å². The summed E-state index contributed by atoms with van der Waals surface area (Å²) in [5.41, 5.74) is 0.717. The minimum absolute atomic E-state index is 0.125. The number of carboxylic acid groups (broad SMARTS) is 1. The van der Waals surface area contributed by atoms with E-state index in [4.69, 9.17) is 5.11 Å². The molecular formula is C18H24N2O6S. The Morgan fingerprint density at radius 2 is 1.70 bits per heavy atom. The topological polar surface area (TPSA) is 121 Å². The van der Waals surface area contributed by atoms with E-state index in [1.54, 1.807) is 24.3 Å². The minimum Gasteiger partial charge on any atom is -0.480 e. The highest BCUT2D eigenvalue weighted by molar-refractivity contribution is 7.89. The number of carbonyl (C=O) groups excluding carboxylic acids is 2. The van der Waals surface area contributed by atoms with Crippen molar-refractivity contribution in [3.63, 3.8) is 0 Å². The second-order valence-corrected chi connectivity index (χ2v) is 8.36. The summed E-state index contributed by atoms with van der Waals surface area (Å²) in [5, 5.41) is 9.11. The Kier molecular flexibility index (Phi) is 7.09. The molecule has 27 heavy (non-hydrogen) atoms. The molecule has 0 spiro atoms. The van der Waals surface area contributed by atoms with E-state index < -0.39 is 22.0 Å². The van der Waals surface area contributed by atoms with E-state index in [2.05, 4.69) is 4.72 Å². The Morgan fingerprint density at radius 3 is 2.22 bits per heavy atom. The van der Waals surface area contributed by atoms with Crippen LogP contribution < -0.4 is 4.72 Å². The molecule has 1 aliphatic heterocycles. The highest BCUT2D eigenvalue weighted by atomic mass is 32.2. The summed E-state index contributed by atoms with van der Waals surface area (Å²) in [6.45, 7) is 2.02. The molecule has 0 saturated heterocycles. The molecule has 2 N–H and O–H groups in total. The van der Waals surface area contributed by atoms with Crippen molar-refractivity contribution >= 4 is 27.8 Å². The Balaban J connectivity index is 1.83. The van der Waals surface area contributed by atoms with Crippen molar-refractivity contribution < 1.29 is 27.9 Å². The van der Waals surface area contributed by atoms with Gasteiger partial charge < -0.3 is 5.11 Å². The average Bonchev–Trinajstić information content (AvgIpc) is 2.87. The average molecular weight is 396 g/mol. The molecule has 1 atom stereocenters. The van der Waals surface area contributed by atoms with Gasteiger partial charge in [-0.1, -0.05) is 31.9 Å². The molecule has 148 valence electrons. The Hall–Kier alpha value is -2.26. The van der Waals surface area contributed by atoms with Crippen LogP contribution in [0.1, 0.15) is 59.7 Å². The number of hydrogen-bond acceptors (Lipinski definition) is 5. The van der Waals surface area contributed by atoms with Gasteiger partial charge in [-0.3, -0.25) is 19.3 Å². The largest absolute Gasteiger partial charge is 0.480 e. The lowest BCUT2D eigenvalue weighted by Crippen LogP contribution is -2.41. The van der Waals surface area contributed by atoms with E-state index in [1.165, 1.54) is 0 Å². The quantitative estimate of drug-likeness (QED) is 0.433. The van der Waals surface area contributed by atoms with Crippen molar-refractivity contribution in [2.45, 2.75) is 45.1 Å². The number of amides is 2. The predicted octanol–water partition coefficient (Wildman–Crippen LogP) is 1.63. The van der Waals surface area contributed by atoms with Crippen LogP contribution in [0.4, 0.5) is 0 Å². The van der Waals surface area contributed by atoms with Crippen LogP contribution in [0.15, 0.2) is 24.3 Å². The van der Waals surface area contributed by atoms with Crippen LogP contribution in [0, 0.1) is 0 Å². The lowest BCUT2D eigenvalue weighted by molar-refractivity contribution is -0.139. The zero-order chi connectivity index (χ0) is 20.0. The fourth-order valence-corrected chi connectivity index (χ4v) is 4.28. The first-order valence-electron chi connectivity index (χ1n) is 8.95. The first-order valence-corrected chi connectivity index (χ1v) is 10.6. The molecule has 0 bridgehead atoms. The van der Waals surface area contributed by atoms with Crippen LogP contribution in [-0.4, -0.2) is 54.5 Å². The van der Waals surface area contributed by atoms with Crippen molar-refractivity contribution in [3.8, 4) is 0 Å². The van der Waals surface area contributed by atoms with Gasteiger partial charge in [-0.15, -0.1) is 0 Å². The third-order valence-electron chi connectivity index (χ3n) is 4.39. The smallest absolute Gasteiger partial charge is 0.321 e. The number of rotatable bonds is 11. The highest BCUT2D eigenvalue weighted by Gasteiger charge is 2.34. The number of carbonyl (C=O) groups is 3. The maximum Gasteiger partial charge on any atom is 0.321 e. The molecule has 9 heteroatoms. The van der Waals surface area contributed by atoms with E-state index in [0.29, 0.717) is 24.0 Å². The third kappa shape index (κ3) is 5.36. The Morgan fingerprint density at radius 1 is 1.11 bits per heavy atom. The SMILES string of the molecule is CCCC[C@H](NS(=O)(=O)CCCCN1C(=O)c2ccccc2C1=O)C(=O)O. The van der Waals surface area contributed by atoms with Crippen LogP contribution in [-0.2, 0) is 14.8 Å². The number of hydrogen-bond donors (Lipinski definition) is 2. The molecule has 2 amide bonds. The van der Waals surface area contributed by atoms with E-state index in [-0.39, 0.29) is 37.0 Å². The standard InChI is InChI=1S/C18H24N2O6S/c1-2-3-10-15(18(23)24)19-27(25,26)12-7-6-11-20-16(21)13-8-4-5-9-14(13)17(20)22/h4-5,8-9,15,19H,2-3,6-7,10-12H2,1H3,(H,23,24)/t15-/m0/s1. The molecule has 0 radical (unpaired) electrons. The van der Waals surface area contributed by atoms with Crippen molar-refractivity contribution in [1.29, 1.82) is 0 Å². The molecule has 2 rings (SSSR count). The Labute approximate surface area is 158 Å². The number of fused-ring (bicyclic) bond motifs is 1. The second-order valence-electron chi connectivity index (χ2n) is 6.48. The summed E-state index contributed by atoms with van der Waals surface area (Å²) in [4.78, 5) is 36.7. The lowest BCUT2D eigenvalue weighted by Gasteiger charge is -2.15. The fraction of sp³-hybridized carbons (Fsp3) is 0.500. The number of carboxylic acids is 1. The van der Waals surface area contributed by atoms with Gasteiger partial charge in [-0.05, 0) is 31.4 Å².